The summed E-state index contributed by atoms with van der Waals surface area (Å²) < 4.78 is 0. The van der Waals surface area contributed by atoms with Crippen molar-refractivity contribution in [2.24, 2.45) is 11.8 Å². The van der Waals surface area contributed by atoms with Gasteiger partial charge in [-0.2, -0.15) is 0 Å². The van der Waals surface area contributed by atoms with E-state index in [1.807, 2.05) is 42.3 Å². The van der Waals surface area contributed by atoms with Crippen LogP contribution in [-0.4, -0.2) is 53.0 Å². The second-order valence-corrected chi connectivity index (χ2v) is 6.20. The highest BCUT2D eigenvalue weighted by Crippen LogP contribution is 2.25. The molecule has 0 aromatic heterocycles. The molecule has 0 unspecified atom stereocenters. The maximum absolute atomic E-state index is 12.0. The van der Waals surface area contributed by atoms with Crippen molar-refractivity contribution < 1.29 is 14.7 Å². The van der Waals surface area contributed by atoms with Gasteiger partial charge in [-0.1, -0.05) is 44.2 Å². The lowest BCUT2D eigenvalue weighted by atomic mass is 10.00. The Hall–Kier alpha value is -1.72. The van der Waals surface area contributed by atoms with Gasteiger partial charge in [-0.25, -0.2) is 0 Å². The van der Waals surface area contributed by atoms with E-state index in [0.29, 0.717) is 13.1 Å². The van der Waals surface area contributed by atoms with E-state index in [0.717, 1.165) is 5.56 Å². The van der Waals surface area contributed by atoms with Crippen LogP contribution in [0.2, 0.25) is 0 Å². The molecule has 1 aromatic carbocycles. The quantitative estimate of drug-likeness (QED) is 0.800. The highest BCUT2D eigenvalue weighted by Gasteiger charge is 2.42. The number of carbonyl (C=O) groups excluding carboxylic acids is 2. The number of nitrogens with zero attached hydrogens (tertiary/aromatic N) is 2. The Kier molecular flexibility index (Phi) is 5.32. The van der Waals surface area contributed by atoms with Crippen LogP contribution in [0, 0.1) is 11.8 Å². The highest BCUT2D eigenvalue weighted by atomic mass is 16.3. The minimum Gasteiger partial charge on any atom is -0.390 e. The van der Waals surface area contributed by atoms with E-state index in [2.05, 4.69) is 0 Å². The predicted octanol–water partition coefficient (Wildman–Crippen LogP) is 1.12. The number of imide groups is 1. The predicted molar refractivity (Wildman–Crippen MR) is 83.8 cm³/mol. The molecule has 2 rings (SSSR count). The summed E-state index contributed by atoms with van der Waals surface area (Å²) in [6.45, 7) is 4.73. The smallest absolute Gasteiger partial charge is 0.232 e. The Labute approximate surface area is 131 Å². The van der Waals surface area contributed by atoms with Crippen molar-refractivity contribution in [3.63, 3.8) is 0 Å². The molecule has 5 nitrogen and oxygen atoms in total. The lowest BCUT2D eigenvalue weighted by molar-refractivity contribution is -0.141. The topological polar surface area (TPSA) is 60.9 Å². The van der Waals surface area contributed by atoms with Crippen molar-refractivity contribution in [2.75, 3.05) is 20.1 Å². The fourth-order valence-electron chi connectivity index (χ4n) is 2.80. The van der Waals surface area contributed by atoms with Crippen molar-refractivity contribution in [1.29, 1.82) is 0 Å². The normalized spacial score (nSPS) is 23.4. The van der Waals surface area contributed by atoms with Gasteiger partial charge in [0, 0.05) is 24.9 Å². The molecule has 3 atom stereocenters. The molecule has 0 aliphatic carbocycles. The molecule has 1 heterocycles. The first kappa shape index (κ1) is 16.6. The van der Waals surface area contributed by atoms with Crippen LogP contribution in [0.1, 0.15) is 19.4 Å². The van der Waals surface area contributed by atoms with Crippen molar-refractivity contribution in [2.45, 2.75) is 26.5 Å². The molecule has 5 heteroatoms. The molecule has 0 radical (unpaired) electrons. The fourth-order valence-corrected chi connectivity index (χ4v) is 2.80. The number of rotatable bonds is 6. The van der Waals surface area contributed by atoms with Crippen LogP contribution in [0.25, 0.3) is 0 Å². The summed E-state index contributed by atoms with van der Waals surface area (Å²) in [7, 11) is 1.91. The van der Waals surface area contributed by atoms with Crippen LogP contribution < -0.4 is 0 Å². The van der Waals surface area contributed by atoms with E-state index in [1.54, 1.807) is 13.8 Å². The SMILES string of the molecule is C[C@@H]1C(=O)N(C[C@@H](O)CN(C)Cc2ccccc2)C(=O)[C@H]1C. The number of hydrogen-bond donors (Lipinski definition) is 1. The van der Waals surface area contributed by atoms with Gasteiger partial charge in [0.1, 0.15) is 0 Å². The van der Waals surface area contributed by atoms with Gasteiger partial charge < -0.3 is 5.11 Å². The van der Waals surface area contributed by atoms with Crippen molar-refractivity contribution in [3.8, 4) is 0 Å². The molecule has 1 saturated heterocycles. The van der Waals surface area contributed by atoms with E-state index in [1.165, 1.54) is 4.90 Å². The summed E-state index contributed by atoms with van der Waals surface area (Å²) >= 11 is 0. The maximum atomic E-state index is 12.0. The molecule has 0 saturated carbocycles. The molecule has 120 valence electrons. The Balaban J connectivity index is 1.86. The molecule has 0 bridgehead atoms. The summed E-state index contributed by atoms with van der Waals surface area (Å²) in [6, 6.07) is 9.97. The highest BCUT2D eigenvalue weighted by molar-refractivity contribution is 6.04. The summed E-state index contributed by atoms with van der Waals surface area (Å²) in [6.07, 6.45) is -0.737. The number of amides is 2. The molecule has 2 amide bonds. The van der Waals surface area contributed by atoms with Crippen molar-refractivity contribution in [3.05, 3.63) is 35.9 Å². The van der Waals surface area contributed by atoms with Gasteiger partial charge in [-0.3, -0.25) is 19.4 Å². The van der Waals surface area contributed by atoms with Crippen LogP contribution in [0.5, 0.6) is 0 Å². The van der Waals surface area contributed by atoms with E-state index < -0.39 is 6.10 Å². The number of aliphatic hydroxyl groups excluding tert-OH is 1. The van der Waals surface area contributed by atoms with Crippen LogP contribution in [0.15, 0.2) is 30.3 Å². The van der Waals surface area contributed by atoms with Gasteiger partial charge >= 0.3 is 0 Å². The number of hydrogen-bond acceptors (Lipinski definition) is 4. The first-order valence-electron chi connectivity index (χ1n) is 7.66. The minimum atomic E-state index is -0.737. The molecular formula is C17H24N2O3. The Bertz CT molecular complexity index is 512. The van der Waals surface area contributed by atoms with Gasteiger partial charge in [0.05, 0.1) is 12.6 Å². The fraction of sp³-hybridized carbons (Fsp3) is 0.529. The zero-order chi connectivity index (χ0) is 16.3. The largest absolute Gasteiger partial charge is 0.390 e. The third-order valence-corrected chi connectivity index (χ3v) is 4.27. The number of benzene rings is 1. The number of aliphatic hydroxyl groups is 1. The molecule has 1 N–H and O–H groups in total. The van der Waals surface area contributed by atoms with Crippen LogP contribution in [0.3, 0.4) is 0 Å². The summed E-state index contributed by atoms with van der Waals surface area (Å²) in [5, 5.41) is 10.2. The van der Waals surface area contributed by atoms with E-state index in [9.17, 15) is 14.7 Å². The second kappa shape index (κ2) is 7.03. The van der Waals surface area contributed by atoms with E-state index in [4.69, 9.17) is 0 Å². The lowest BCUT2D eigenvalue weighted by Crippen LogP contribution is -2.42. The molecule has 1 aliphatic rings. The number of carbonyl (C=O) groups is 2. The average molecular weight is 304 g/mol. The minimum absolute atomic E-state index is 0.0749. The Morgan fingerprint density at radius 3 is 2.23 bits per heavy atom. The van der Waals surface area contributed by atoms with Crippen LogP contribution in [0.4, 0.5) is 0 Å². The van der Waals surface area contributed by atoms with E-state index >= 15 is 0 Å². The van der Waals surface area contributed by atoms with Crippen LogP contribution in [-0.2, 0) is 16.1 Å². The van der Waals surface area contributed by atoms with Gasteiger partial charge in [-0.05, 0) is 12.6 Å². The third kappa shape index (κ3) is 3.72. The number of likely N-dealkylation sites (N-methyl/N-ethyl adjacent to an activating group) is 1. The van der Waals surface area contributed by atoms with Gasteiger partial charge in [0.15, 0.2) is 0 Å². The molecule has 1 aromatic rings. The zero-order valence-corrected chi connectivity index (χ0v) is 13.4. The van der Waals surface area contributed by atoms with Crippen molar-refractivity contribution >= 4 is 11.8 Å². The van der Waals surface area contributed by atoms with Gasteiger partial charge in [-0.15, -0.1) is 0 Å². The molecular weight excluding hydrogens is 280 g/mol. The molecule has 22 heavy (non-hydrogen) atoms. The molecule has 1 fully saturated rings. The lowest BCUT2D eigenvalue weighted by Gasteiger charge is -2.24. The van der Waals surface area contributed by atoms with Gasteiger partial charge in [0.25, 0.3) is 0 Å². The first-order chi connectivity index (χ1) is 10.4. The summed E-state index contributed by atoms with van der Waals surface area (Å²) in [5.74, 6) is -0.937. The number of β-amino-alcohol motifs (C(OH)–C–C–N with tert-alkyl or cyclic N) is 1. The maximum Gasteiger partial charge on any atom is 0.232 e. The van der Waals surface area contributed by atoms with Crippen molar-refractivity contribution in [1.82, 2.24) is 9.80 Å². The average Bonchev–Trinajstić information content (AvgIpc) is 2.66. The van der Waals surface area contributed by atoms with Gasteiger partial charge in [0.2, 0.25) is 11.8 Å². The third-order valence-electron chi connectivity index (χ3n) is 4.27. The second-order valence-electron chi connectivity index (χ2n) is 6.20. The first-order valence-corrected chi connectivity index (χ1v) is 7.66. The monoisotopic (exact) mass is 304 g/mol. The molecule has 0 spiro atoms. The Morgan fingerprint density at radius 2 is 1.68 bits per heavy atom. The zero-order valence-electron chi connectivity index (χ0n) is 13.4. The van der Waals surface area contributed by atoms with Crippen LogP contribution >= 0.6 is 0 Å². The van der Waals surface area contributed by atoms with E-state index in [-0.39, 0.29) is 30.2 Å². The number of likely N-dealkylation sites (tertiary alicyclic amines) is 1. The summed E-state index contributed by atoms with van der Waals surface area (Å²) in [4.78, 5) is 27.2. The summed E-state index contributed by atoms with van der Waals surface area (Å²) in [5.41, 5.74) is 1.16. The standard InChI is InChI=1S/C17H24N2O3/c1-12-13(2)17(22)19(16(12)21)11-15(20)10-18(3)9-14-7-5-4-6-8-14/h4-8,12-13,15,20H,9-11H2,1-3H3/t12-,13-,15-/m0/s1. The molecule has 1 aliphatic heterocycles. The Morgan fingerprint density at radius 1 is 1.14 bits per heavy atom.